The van der Waals surface area contributed by atoms with E-state index >= 15 is 0 Å². The molecule has 1 aromatic carbocycles. The highest BCUT2D eigenvalue weighted by Crippen LogP contribution is 2.31. The Morgan fingerprint density at radius 1 is 1.14 bits per heavy atom. The molecule has 1 heterocycles. The Bertz CT molecular complexity index is 839. The molecule has 2 N–H and O–H groups in total. The zero-order valence-electron chi connectivity index (χ0n) is 11.6. The number of amides is 1. The molecule has 0 saturated heterocycles. The lowest BCUT2D eigenvalue weighted by Gasteiger charge is -2.12. The van der Waals surface area contributed by atoms with Crippen LogP contribution in [-0.4, -0.2) is 5.91 Å². The van der Waals surface area contributed by atoms with Crippen LogP contribution in [0.4, 0.5) is 0 Å². The van der Waals surface area contributed by atoms with E-state index in [1.54, 1.807) is 0 Å². The molecule has 0 bridgehead atoms. The highest BCUT2D eigenvalue weighted by Gasteiger charge is 2.16. The Morgan fingerprint density at radius 2 is 1.91 bits per heavy atom. The Morgan fingerprint density at radius 3 is 2.64 bits per heavy atom. The smallest absolute Gasteiger partial charge is 0.252 e. The van der Waals surface area contributed by atoms with Crippen LogP contribution in [0.25, 0.3) is 11.1 Å². The van der Waals surface area contributed by atoms with Gasteiger partial charge in [-0.15, -0.1) is 0 Å². The van der Waals surface area contributed by atoms with Gasteiger partial charge in [0.05, 0.1) is 11.8 Å². The highest BCUT2D eigenvalue weighted by atomic mass is 16.5. The number of nitrogens with two attached hydrogens (primary N) is 1. The number of rotatable bonds is 4. The molecular weight excluding hydrogens is 282 g/mol. The summed E-state index contributed by atoms with van der Waals surface area (Å²) in [7, 11) is 0. The second-order valence-corrected chi connectivity index (χ2v) is 4.81. The average Bonchev–Trinajstić information content (AvgIpc) is 2.53. The summed E-state index contributed by atoms with van der Waals surface area (Å²) < 4.78 is 10.9. The second-order valence-electron chi connectivity index (χ2n) is 4.81. The SMILES string of the molecule is NC(=O)c1cc2cocc(OCc3ccccc3)c-2cc1=O. The number of hydrogen-bond acceptors (Lipinski definition) is 4. The summed E-state index contributed by atoms with van der Waals surface area (Å²) in [6.07, 6.45) is 2.87. The maximum atomic E-state index is 11.9. The largest absolute Gasteiger partial charge is 0.485 e. The second kappa shape index (κ2) is 5.73. The van der Waals surface area contributed by atoms with Crippen LogP contribution < -0.4 is 15.9 Å². The minimum atomic E-state index is -0.762. The average molecular weight is 295 g/mol. The van der Waals surface area contributed by atoms with E-state index in [1.165, 1.54) is 24.7 Å². The summed E-state index contributed by atoms with van der Waals surface area (Å²) in [4.78, 5) is 23.1. The van der Waals surface area contributed by atoms with Crippen molar-refractivity contribution in [2.75, 3.05) is 0 Å². The normalized spacial score (nSPS) is 10.5. The van der Waals surface area contributed by atoms with Gasteiger partial charge in [0.2, 0.25) is 0 Å². The number of ether oxygens (including phenoxy) is 1. The number of hydrogen-bond donors (Lipinski definition) is 1. The van der Waals surface area contributed by atoms with Crippen LogP contribution in [-0.2, 0) is 6.61 Å². The van der Waals surface area contributed by atoms with Gasteiger partial charge in [-0.1, -0.05) is 30.3 Å². The molecule has 5 nitrogen and oxygen atoms in total. The van der Waals surface area contributed by atoms with E-state index in [1.807, 2.05) is 30.3 Å². The van der Waals surface area contributed by atoms with E-state index in [-0.39, 0.29) is 5.56 Å². The first-order valence-corrected chi connectivity index (χ1v) is 6.66. The Labute approximate surface area is 126 Å². The Hall–Kier alpha value is -3.08. The maximum Gasteiger partial charge on any atom is 0.252 e. The lowest BCUT2D eigenvalue weighted by atomic mass is 10.0. The van der Waals surface area contributed by atoms with E-state index in [4.69, 9.17) is 14.9 Å². The first kappa shape index (κ1) is 13.9. The topological polar surface area (TPSA) is 82.5 Å². The van der Waals surface area contributed by atoms with E-state index in [0.717, 1.165) is 5.56 Å². The van der Waals surface area contributed by atoms with Crippen LogP contribution in [0.3, 0.4) is 0 Å². The summed E-state index contributed by atoms with van der Waals surface area (Å²) in [6.45, 7) is 0.348. The molecule has 1 aliphatic heterocycles. The van der Waals surface area contributed by atoms with E-state index in [2.05, 4.69) is 0 Å². The molecule has 2 aliphatic rings. The van der Waals surface area contributed by atoms with Crippen LogP contribution in [0.5, 0.6) is 5.75 Å². The third kappa shape index (κ3) is 2.69. The van der Waals surface area contributed by atoms with E-state index in [9.17, 15) is 9.59 Å². The summed E-state index contributed by atoms with van der Waals surface area (Å²) >= 11 is 0. The summed E-state index contributed by atoms with van der Waals surface area (Å²) in [5.74, 6) is -0.322. The van der Waals surface area contributed by atoms with Gasteiger partial charge < -0.3 is 14.9 Å². The minimum Gasteiger partial charge on any atom is -0.485 e. The zero-order valence-corrected chi connectivity index (χ0v) is 11.6. The molecule has 0 aromatic heterocycles. The van der Waals surface area contributed by atoms with Gasteiger partial charge in [-0.05, 0) is 17.7 Å². The first-order valence-electron chi connectivity index (χ1n) is 6.66. The van der Waals surface area contributed by atoms with Gasteiger partial charge in [0, 0.05) is 11.1 Å². The number of benzene rings is 2. The van der Waals surface area contributed by atoms with Gasteiger partial charge in [-0.3, -0.25) is 9.59 Å². The van der Waals surface area contributed by atoms with Crippen LogP contribution in [0.2, 0.25) is 0 Å². The molecule has 5 heteroatoms. The Balaban J connectivity index is 1.96. The fourth-order valence-electron chi connectivity index (χ4n) is 2.18. The fraction of sp³-hybridized carbons (Fsp3) is 0.0588. The monoisotopic (exact) mass is 295 g/mol. The lowest BCUT2D eigenvalue weighted by Crippen LogP contribution is -2.21. The van der Waals surface area contributed by atoms with Crippen LogP contribution in [0, 0.1) is 0 Å². The van der Waals surface area contributed by atoms with Gasteiger partial charge in [-0.25, -0.2) is 0 Å². The van der Waals surface area contributed by atoms with E-state index < -0.39 is 11.3 Å². The van der Waals surface area contributed by atoms with Crippen molar-refractivity contribution < 1.29 is 13.9 Å². The van der Waals surface area contributed by atoms with Crippen LogP contribution in [0.1, 0.15) is 15.9 Å². The molecule has 1 aliphatic carbocycles. The molecule has 0 radical (unpaired) electrons. The predicted octanol–water partition coefficient (Wildman–Crippen LogP) is 2.42. The van der Waals surface area contributed by atoms with E-state index in [0.29, 0.717) is 23.5 Å². The molecule has 0 fully saturated rings. The molecule has 0 unspecified atom stereocenters. The highest BCUT2D eigenvalue weighted by molar-refractivity contribution is 5.94. The molecule has 1 amide bonds. The van der Waals surface area contributed by atoms with Gasteiger partial charge in [-0.2, -0.15) is 0 Å². The van der Waals surface area contributed by atoms with Gasteiger partial charge in [0.15, 0.2) is 11.2 Å². The minimum absolute atomic E-state index is 0.0668. The van der Waals surface area contributed by atoms with Crippen molar-refractivity contribution in [3.05, 3.63) is 76.3 Å². The third-order valence-corrected chi connectivity index (χ3v) is 3.29. The molecule has 22 heavy (non-hydrogen) atoms. The number of carbonyl (C=O) groups is 1. The molecule has 0 spiro atoms. The van der Waals surface area contributed by atoms with Crippen molar-refractivity contribution in [2.45, 2.75) is 6.61 Å². The van der Waals surface area contributed by atoms with Crippen molar-refractivity contribution in [1.29, 1.82) is 0 Å². The quantitative estimate of drug-likeness (QED) is 0.801. The predicted molar refractivity (Wildman–Crippen MR) is 80.9 cm³/mol. The van der Waals surface area contributed by atoms with Crippen molar-refractivity contribution >= 4 is 5.91 Å². The van der Waals surface area contributed by atoms with Crippen molar-refractivity contribution in [3.63, 3.8) is 0 Å². The fourth-order valence-corrected chi connectivity index (χ4v) is 2.18. The molecule has 0 saturated carbocycles. The van der Waals surface area contributed by atoms with Gasteiger partial charge in [0.1, 0.15) is 12.9 Å². The first-order chi connectivity index (χ1) is 10.6. The van der Waals surface area contributed by atoms with Crippen LogP contribution >= 0.6 is 0 Å². The number of carbonyl (C=O) groups excluding carboxylic acids is 1. The van der Waals surface area contributed by atoms with Crippen molar-refractivity contribution in [2.24, 2.45) is 5.73 Å². The Kier molecular flexibility index (Phi) is 3.62. The molecule has 3 rings (SSSR count). The zero-order chi connectivity index (χ0) is 15.5. The molecule has 1 aromatic rings. The summed E-state index contributed by atoms with van der Waals surface area (Å²) in [5, 5.41) is 0. The molecular formula is C17H13NO4. The number of primary amides is 1. The van der Waals surface area contributed by atoms with Gasteiger partial charge >= 0.3 is 0 Å². The maximum absolute atomic E-state index is 11.9. The summed E-state index contributed by atoms with van der Waals surface area (Å²) in [6, 6.07) is 12.4. The molecule has 110 valence electrons. The summed E-state index contributed by atoms with van der Waals surface area (Å²) in [5.41, 5.74) is 6.84. The van der Waals surface area contributed by atoms with Gasteiger partial charge in [0.25, 0.3) is 5.91 Å². The lowest BCUT2D eigenvalue weighted by molar-refractivity contribution is 0.0999. The molecule has 0 atom stereocenters. The number of fused-ring (bicyclic) bond motifs is 1. The van der Waals surface area contributed by atoms with Crippen molar-refractivity contribution in [1.82, 2.24) is 0 Å². The third-order valence-electron chi connectivity index (χ3n) is 3.29. The van der Waals surface area contributed by atoms with Crippen LogP contribution in [0.15, 0.2) is 64.2 Å². The van der Waals surface area contributed by atoms with Crippen molar-refractivity contribution in [3.8, 4) is 16.9 Å². The standard InChI is InChI=1S/C17H13NO4/c18-17(20)14-6-12-9-21-10-16(13(12)7-15(14)19)22-8-11-4-2-1-3-5-11/h1-7,9-10H,8H2,(H2,18,20).